The number of nitrogens with one attached hydrogen (secondary N) is 1. The normalized spacial score (nSPS) is 13.9. The number of benzene rings is 3. The lowest BCUT2D eigenvalue weighted by Gasteiger charge is -2.35. The largest absolute Gasteiger partial charge is 0.324 e. The smallest absolute Gasteiger partial charge is 0.322 e. The van der Waals surface area contributed by atoms with Gasteiger partial charge < -0.3 is 10.2 Å². The fraction of sp³-hybridized carbons (Fsp3) is 0.200. The van der Waals surface area contributed by atoms with Crippen LogP contribution < -0.4 is 10.2 Å². The van der Waals surface area contributed by atoms with Crippen molar-refractivity contribution in [3.8, 4) is 0 Å². The van der Waals surface area contributed by atoms with Crippen LogP contribution in [0.3, 0.4) is 0 Å². The average Bonchev–Trinajstić information content (AvgIpc) is 2.77. The molecule has 1 aliphatic rings. The Hall–Kier alpha value is -3.31. The van der Waals surface area contributed by atoms with E-state index < -0.39 is 0 Å². The van der Waals surface area contributed by atoms with Crippen LogP contribution >= 0.6 is 11.6 Å². The van der Waals surface area contributed by atoms with Crippen molar-refractivity contribution in [2.24, 2.45) is 0 Å². The summed E-state index contributed by atoms with van der Waals surface area (Å²) in [6, 6.07) is 22.4. The van der Waals surface area contributed by atoms with Gasteiger partial charge in [0.1, 0.15) is 0 Å². The van der Waals surface area contributed by atoms with Crippen molar-refractivity contribution in [3.05, 3.63) is 94.5 Å². The van der Waals surface area contributed by atoms with Gasteiger partial charge >= 0.3 is 6.03 Å². The van der Waals surface area contributed by atoms with Crippen molar-refractivity contribution in [1.29, 1.82) is 0 Å². The highest BCUT2D eigenvalue weighted by atomic mass is 35.5. The molecule has 0 unspecified atom stereocenters. The summed E-state index contributed by atoms with van der Waals surface area (Å²) >= 11 is 5.96. The molecule has 158 valence electrons. The number of carbonyl (C=O) groups is 2. The fourth-order valence-electron chi connectivity index (χ4n) is 3.69. The van der Waals surface area contributed by atoms with E-state index in [0.717, 1.165) is 29.8 Å². The zero-order chi connectivity index (χ0) is 21.8. The number of nitrogens with zero attached hydrogens (tertiary/aromatic N) is 2. The summed E-state index contributed by atoms with van der Waals surface area (Å²) in [7, 11) is 0. The molecule has 31 heavy (non-hydrogen) atoms. The molecule has 1 fully saturated rings. The molecule has 0 spiro atoms. The lowest BCUT2D eigenvalue weighted by molar-refractivity contribution is 0.102. The summed E-state index contributed by atoms with van der Waals surface area (Å²) in [5.41, 5.74) is 4.22. The van der Waals surface area contributed by atoms with Crippen molar-refractivity contribution >= 4 is 34.9 Å². The summed E-state index contributed by atoms with van der Waals surface area (Å²) in [6.45, 7) is 3.90. The molecule has 1 aliphatic heterocycles. The second-order valence-corrected chi connectivity index (χ2v) is 8.14. The molecule has 1 heterocycles. The minimum atomic E-state index is -0.153. The fourth-order valence-corrected chi connectivity index (χ4v) is 3.82. The van der Waals surface area contributed by atoms with Crippen molar-refractivity contribution in [1.82, 2.24) is 4.90 Å². The quantitative estimate of drug-likeness (QED) is 0.558. The number of amides is 3. The van der Waals surface area contributed by atoms with E-state index in [0.29, 0.717) is 29.4 Å². The molecule has 3 aromatic rings. The summed E-state index contributed by atoms with van der Waals surface area (Å²) < 4.78 is 0. The highest BCUT2D eigenvalue weighted by Crippen LogP contribution is 2.24. The van der Waals surface area contributed by atoms with Crippen LogP contribution in [-0.2, 0) is 6.54 Å². The van der Waals surface area contributed by atoms with Crippen LogP contribution in [0.5, 0.6) is 0 Å². The number of rotatable bonds is 5. The maximum Gasteiger partial charge on any atom is 0.324 e. The molecule has 4 rings (SSSR count). The molecule has 0 bridgehead atoms. The van der Waals surface area contributed by atoms with E-state index in [2.05, 4.69) is 5.32 Å². The molecule has 0 saturated carbocycles. The van der Waals surface area contributed by atoms with Crippen LogP contribution in [0.2, 0.25) is 5.02 Å². The zero-order valence-corrected chi connectivity index (χ0v) is 18.1. The molecule has 5 nitrogen and oxygen atoms in total. The third-order valence-corrected chi connectivity index (χ3v) is 5.57. The Balaban J connectivity index is 1.42. The van der Waals surface area contributed by atoms with Gasteiger partial charge in [-0.1, -0.05) is 41.4 Å². The second kappa shape index (κ2) is 9.23. The van der Waals surface area contributed by atoms with Crippen molar-refractivity contribution in [3.63, 3.8) is 0 Å². The van der Waals surface area contributed by atoms with Gasteiger partial charge in [-0.3, -0.25) is 9.69 Å². The summed E-state index contributed by atoms with van der Waals surface area (Å²) in [4.78, 5) is 29.1. The Kier molecular flexibility index (Phi) is 6.23. The molecule has 3 aromatic carbocycles. The third-order valence-electron chi connectivity index (χ3n) is 5.31. The minimum absolute atomic E-state index is 0.0160. The van der Waals surface area contributed by atoms with Crippen LogP contribution in [0.4, 0.5) is 16.2 Å². The summed E-state index contributed by atoms with van der Waals surface area (Å²) in [6.07, 6.45) is 0.894. The van der Waals surface area contributed by atoms with Crippen molar-refractivity contribution < 1.29 is 9.59 Å². The Morgan fingerprint density at radius 1 is 1.00 bits per heavy atom. The third kappa shape index (κ3) is 5.06. The van der Waals surface area contributed by atoms with E-state index >= 15 is 0 Å². The first kappa shape index (κ1) is 20.9. The number of hydrogen-bond donors (Lipinski definition) is 1. The Morgan fingerprint density at radius 3 is 2.45 bits per heavy atom. The maximum atomic E-state index is 13.0. The molecule has 3 amide bonds. The van der Waals surface area contributed by atoms with Crippen LogP contribution in [0.1, 0.15) is 27.9 Å². The SMILES string of the molecule is Cc1cccc(C(=O)Nc2ccc(N3CCCN(Cc4ccc(Cl)cc4)C3=O)cc2)c1. The lowest BCUT2D eigenvalue weighted by Crippen LogP contribution is -2.49. The first-order chi connectivity index (χ1) is 15.0. The van der Waals surface area contributed by atoms with E-state index in [-0.39, 0.29) is 11.9 Å². The van der Waals surface area contributed by atoms with Gasteiger partial charge in [0.25, 0.3) is 5.91 Å². The highest BCUT2D eigenvalue weighted by Gasteiger charge is 2.26. The number of carbonyl (C=O) groups excluding carboxylic acids is 2. The van der Waals surface area contributed by atoms with E-state index in [1.807, 2.05) is 78.6 Å². The first-order valence-electron chi connectivity index (χ1n) is 10.3. The van der Waals surface area contributed by atoms with Gasteiger partial charge in [-0.05, 0) is 67.4 Å². The summed E-state index contributed by atoms with van der Waals surface area (Å²) in [5, 5.41) is 3.59. The molecular weight excluding hydrogens is 410 g/mol. The van der Waals surface area contributed by atoms with Crippen molar-refractivity contribution in [2.45, 2.75) is 19.9 Å². The molecule has 6 heteroatoms. The molecule has 1 saturated heterocycles. The Bertz CT molecular complexity index is 1080. The highest BCUT2D eigenvalue weighted by molar-refractivity contribution is 6.30. The monoisotopic (exact) mass is 433 g/mol. The number of hydrogen-bond acceptors (Lipinski definition) is 2. The van der Waals surface area contributed by atoms with Gasteiger partial charge in [-0.25, -0.2) is 4.79 Å². The molecule has 0 aromatic heterocycles. The van der Waals surface area contributed by atoms with E-state index in [1.165, 1.54) is 0 Å². The molecule has 0 atom stereocenters. The number of aryl methyl sites for hydroxylation is 1. The van der Waals surface area contributed by atoms with Crippen LogP contribution in [0.25, 0.3) is 0 Å². The Morgan fingerprint density at radius 2 is 1.74 bits per heavy atom. The maximum absolute atomic E-state index is 13.0. The lowest BCUT2D eigenvalue weighted by atomic mass is 10.1. The van der Waals surface area contributed by atoms with Gasteiger partial charge in [0.05, 0.1) is 0 Å². The number of urea groups is 1. The van der Waals surface area contributed by atoms with Gasteiger partial charge in [0.15, 0.2) is 0 Å². The predicted octanol–water partition coefficient (Wildman–Crippen LogP) is 5.73. The van der Waals surface area contributed by atoms with Crippen LogP contribution in [0.15, 0.2) is 72.8 Å². The van der Waals surface area contributed by atoms with E-state index in [1.54, 1.807) is 11.0 Å². The van der Waals surface area contributed by atoms with E-state index in [4.69, 9.17) is 11.6 Å². The molecule has 1 N–H and O–H groups in total. The molecular formula is C25H24ClN3O2. The van der Waals surface area contributed by atoms with Gasteiger partial charge in [0, 0.05) is 41.6 Å². The van der Waals surface area contributed by atoms with Gasteiger partial charge in [-0.2, -0.15) is 0 Å². The minimum Gasteiger partial charge on any atom is -0.322 e. The van der Waals surface area contributed by atoms with Gasteiger partial charge in [-0.15, -0.1) is 0 Å². The second-order valence-electron chi connectivity index (χ2n) is 7.71. The standard InChI is InChI=1S/C25H24ClN3O2/c1-18-4-2-5-20(16-18)24(30)27-22-10-12-23(13-11-22)29-15-3-14-28(25(29)31)17-19-6-8-21(26)9-7-19/h2,4-13,16H,3,14-15,17H2,1H3,(H,27,30). The molecule has 0 aliphatic carbocycles. The molecule has 0 radical (unpaired) electrons. The van der Waals surface area contributed by atoms with Gasteiger partial charge in [0.2, 0.25) is 0 Å². The number of halogens is 1. The van der Waals surface area contributed by atoms with E-state index in [9.17, 15) is 9.59 Å². The zero-order valence-electron chi connectivity index (χ0n) is 17.3. The number of anilines is 2. The summed E-state index contributed by atoms with van der Waals surface area (Å²) in [5.74, 6) is -0.153. The van der Waals surface area contributed by atoms with Crippen LogP contribution in [-0.4, -0.2) is 29.9 Å². The Labute approximate surface area is 187 Å². The van der Waals surface area contributed by atoms with Crippen LogP contribution in [0, 0.1) is 6.92 Å². The topological polar surface area (TPSA) is 52.7 Å². The van der Waals surface area contributed by atoms with Crippen molar-refractivity contribution in [2.75, 3.05) is 23.3 Å². The predicted molar refractivity (Wildman–Crippen MR) is 125 cm³/mol. The average molecular weight is 434 g/mol. The first-order valence-corrected chi connectivity index (χ1v) is 10.7.